The number of carbonyl (C=O) groups is 2. The van der Waals surface area contributed by atoms with Crippen molar-refractivity contribution in [2.24, 2.45) is 0 Å². The van der Waals surface area contributed by atoms with Crippen molar-refractivity contribution in [2.45, 2.75) is 18.2 Å². The molecule has 0 atom stereocenters. The number of urea groups is 1. The summed E-state index contributed by atoms with van der Waals surface area (Å²) in [4.78, 5) is 23.2. The molecule has 8 nitrogen and oxygen atoms in total. The van der Waals surface area contributed by atoms with E-state index in [1.807, 2.05) is 6.07 Å². The fraction of sp³-hybridized carbons (Fsp3) is 0.0909. The standard InChI is InChI=1S/C22H20N2O6S/c1-2-21(25)29-18-12-14-20(15-13-18)31(27,28)30-19-10-8-17(9-11-19)24-22(26)23-16-6-4-3-5-7-16/h3-15H,2H2,1H3,(H2,23,24,26). The number of para-hydroxylation sites is 1. The second kappa shape index (κ2) is 9.77. The van der Waals surface area contributed by atoms with E-state index in [-0.39, 0.29) is 22.8 Å². The van der Waals surface area contributed by atoms with E-state index in [4.69, 9.17) is 8.92 Å². The van der Waals surface area contributed by atoms with Gasteiger partial charge in [-0.15, -0.1) is 0 Å². The average molecular weight is 440 g/mol. The summed E-state index contributed by atoms with van der Waals surface area (Å²) >= 11 is 0. The number of esters is 1. The van der Waals surface area contributed by atoms with Crippen molar-refractivity contribution in [1.29, 1.82) is 0 Å². The third kappa shape index (κ3) is 6.31. The van der Waals surface area contributed by atoms with Crippen LogP contribution >= 0.6 is 0 Å². The predicted octanol–water partition coefficient (Wildman–Crippen LogP) is 4.41. The lowest BCUT2D eigenvalue weighted by molar-refractivity contribution is -0.134. The lowest BCUT2D eigenvalue weighted by Gasteiger charge is -2.10. The average Bonchev–Trinajstić information content (AvgIpc) is 2.76. The SMILES string of the molecule is CCC(=O)Oc1ccc(S(=O)(=O)Oc2ccc(NC(=O)Nc3ccccc3)cc2)cc1. The van der Waals surface area contributed by atoms with Crippen LogP contribution in [0.4, 0.5) is 16.2 Å². The van der Waals surface area contributed by atoms with Crippen LogP contribution in [0.15, 0.2) is 83.8 Å². The number of anilines is 2. The van der Waals surface area contributed by atoms with Gasteiger partial charge < -0.3 is 19.6 Å². The first kappa shape index (κ1) is 21.8. The van der Waals surface area contributed by atoms with Crippen molar-refractivity contribution in [1.82, 2.24) is 0 Å². The molecule has 3 aromatic rings. The topological polar surface area (TPSA) is 111 Å². The molecule has 3 aromatic carbocycles. The van der Waals surface area contributed by atoms with E-state index in [0.717, 1.165) is 0 Å². The smallest absolute Gasteiger partial charge is 0.339 e. The maximum Gasteiger partial charge on any atom is 0.339 e. The van der Waals surface area contributed by atoms with Crippen LogP contribution in [0.2, 0.25) is 0 Å². The van der Waals surface area contributed by atoms with Gasteiger partial charge in [0.25, 0.3) is 0 Å². The van der Waals surface area contributed by atoms with Gasteiger partial charge >= 0.3 is 22.1 Å². The van der Waals surface area contributed by atoms with E-state index in [9.17, 15) is 18.0 Å². The molecule has 0 saturated carbocycles. The highest BCUT2D eigenvalue weighted by Gasteiger charge is 2.17. The number of amides is 2. The van der Waals surface area contributed by atoms with Gasteiger partial charge in [0.1, 0.15) is 16.4 Å². The molecule has 0 spiro atoms. The molecule has 0 aliphatic rings. The van der Waals surface area contributed by atoms with Crippen LogP contribution in [-0.4, -0.2) is 20.4 Å². The second-order valence-electron chi connectivity index (χ2n) is 6.31. The summed E-state index contributed by atoms with van der Waals surface area (Å²) in [7, 11) is -4.08. The van der Waals surface area contributed by atoms with Crippen LogP contribution in [0.5, 0.6) is 11.5 Å². The van der Waals surface area contributed by atoms with Crippen LogP contribution in [0, 0.1) is 0 Å². The lowest BCUT2D eigenvalue weighted by atomic mass is 10.3. The Morgan fingerprint density at radius 2 is 1.32 bits per heavy atom. The number of nitrogens with one attached hydrogen (secondary N) is 2. The minimum atomic E-state index is -4.08. The van der Waals surface area contributed by atoms with Crippen LogP contribution in [0.3, 0.4) is 0 Å². The van der Waals surface area contributed by atoms with Crippen molar-refractivity contribution in [3.8, 4) is 11.5 Å². The quantitative estimate of drug-likeness (QED) is 0.320. The summed E-state index contributed by atoms with van der Waals surface area (Å²) in [6.07, 6.45) is 0.210. The summed E-state index contributed by atoms with van der Waals surface area (Å²) in [5.41, 5.74) is 1.10. The summed E-state index contributed by atoms with van der Waals surface area (Å²) in [5, 5.41) is 5.32. The monoisotopic (exact) mass is 440 g/mol. The highest BCUT2D eigenvalue weighted by atomic mass is 32.2. The van der Waals surface area contributed by atoms with E-state index in [2.05, 4.69) is 10.6 Å². The van der Waals surface area contributed by atoms with Gasteiger partial charge in [0.05, 0.1) is 0 Å². The zero-order valence-corrected chi connectivity index (χ0v) is 17.4. The van der Waals surface area contributed by atoms with Gasteiger partial charge in [-0.1, -0.05) is 25.1 Å². The van der Waals surface area contributed by atoms with E-state index in [1.54, 1.807) is 31.2 Å². The largest absolute Gasteiger partial charge is 0.427 e. The number of benzene rings is 3. The van der Waals surface area contributed by atoms with Gasteiger partial charge in [0.15, 0.2) is 0 Å². The number of hydrogen-bond acceptors (Lipinski definition) is 6. The van der Waals surface area contributed by atoms with Crippen molar-refractivity contribution >= 4 is 33.5 Å². The Bertz CT molecular complexity index is 1140. The first-order chi connectivity index (χ1) is 14.9. The molecule has 0 saturated heterocycles. The van der Waals surface area contributed by atoms with E-state index in [0.29, 0.717) is 11.4 Å². The number of rotatable bonds is 7. The Morgan fingerprint density at radius 3 is 1.90 bits per heavy atom. The zero-order valence-electron chi connectivity index (χ0n) is 16.6. The third-order valence-corrected chi connectivity index (χ3v) is 5.24. The predicted molar refractivity (Wildman–Crippen MR) is 116 cm³/mol. The van der Waals surface area contributed by atoms with Crippen LogP contribution < -0.4 is 19.6 Å². The highest BCUT2D eigenvalue weighted by Crippen LogP contribution is 2.23. The number of carbonyl (C=O) groups excluding carboxylic acids is 2. The normalized spacial score (nSPS) is 10.7. The molecule has 3 rings (SSSR count). The van der Waals surface area contributed by atoms with Gasteiger partial charge in [0, 0.05) is 17.8 Å². The maximum atomic E-state index is 12.4. The van der Waals surface area contributed by atoms with E-state index in [1.165, 1.54) is 48.5 Å². The van der Waals surface area contributed by atoms with Crippen molar-refractivity contribution in [2.75, 3.05) is 10.6 Å². The Kier molecular flexibility index (Phi) is 6.88. The first-order valence-electron chi connectivity index (χ1n) is 9.34. The zero-order chi connectivity index (χ0) is 22.3. The fourth-order valence-electron chi connectivity index (χ4n) is 2.46. The molecule has 0 bridgehead atoms. The second-order valence-corrected chi connectivity index (χ2v) is 7.85. The first-order valence-corrected chi connectivity index (χ1v) is 10.7. The van der Waals surface area contributed by atoms with Crippen molar-refractivity contribution in [3.63, 3.8) is 0 Å². The summed E-state index contributed by atoms with van der Waals surface area (Å²) in [6, 6.07) is 19.7. The summed E-state index contributed by atoms with van der Waals surface area (Å²) in [6.45, 7) is 1.66. The molecule has 160 valence electrons. The molecular formula is C22H20N2O6S. The Morgan fingerprint density at radius 1 is 0.774 bits per heavy atom. The maximum absolute atomic E-state index is 12.4. The van der Waals surface area contributed by atoms with Gasteiger partial charge in [-0.05, 0) is 60.7 Å². The molecule has 0 aliphatic heterocycles. The van der Waals surface area contributed by atoms with E-state index < -0.39 is 22.1 Å². The van der Waals surface area contributed by atoms with Crippen molar-refractivity contribution in [3.05, 3.63) is 78.9 Å². The molecular weight excluding hydrogens is 420 g/mol. The molecule has 0 radical (unpaired) electrons. The molecule has 2 amide bonds. The fourth-order valence-corrected chi connectivity index (χ4v) is 3.39. The molecule has 0 unspecified atom stereocenters. The summed E-state index contributed by atoms with van der Waals surface area (Å²) in [5.74, 6) is -0.0940. The van der Waals surface area contributed by atoms with Gasteiger partial charge in [-0.25, -0.2) is 4.79 Å². The third-order valence-electron chi connectivity index (χ3n) is 3.98. The number of ether oxygens (including phenoxy) is 1. The molecule has 0 aliphatic carbocycles. The van der Waals surface area contributed by atoms with Crippen LogP contribution in [0.1, 0.15) is 13.3 Å². The molecule has 31 heavy (non-hydrogen) atoms. The van der Waals surface area contributed by atoms with Gasteiger partial charge in [-0.3, -0.25) is 4.79 Å². The van der Waals surface area contributed by atoms with Crippen LogP contribution in [-0.2, 0) is 14.9 Å². The van der Waals surface area contributed by atoms with Crippen LogP contribution in [0.25, 0.3) is 0 Å². The molecule has 9 heteroatoms. The van der Waals surface area contributed by atoms with Gasteiger partial charge in [0.2, 0.25) is 0 Å². The van der Waals surface area contributed by atoms with Crippen molar-refractivity contribution < 1.29 is 26.9 Å². The lowest BCUT2D eigenvalue weighted by Crippen LogP contribution is -2.19. The Hall–Kier alpha value is -3.85. The minimum Gasteiger partial charge on any atom is -0.427 e. The number of hydrogen-bond donors (Lipinski definition) is 2. The molecule has 2 N–H and O–H groups in total. The molecule has 0 aromatic heterocycles. The summed E-state index contributed by atoms with van der Waals surface area (Å²) < 4.78 is 35.0. The van der Waals surface area contributed by atoms with E-state index >= 15 is 0 Å². The highest BCUT2D eigenvalue weighted by molar-refractivity contribution is 7.87. The Labute approximate surface area is 179 Å². The Balaban J connectivity index is 1.60. The molecule has 0 fully saturated rings. The molecule has 0 heterocycles. The van der Waals surface area contributed by atoms with Gasteiger partial charge in [-0.2, -0.15) is 8.42 Å². The minimum absolute atomic E-state index is 0.0792.